The largest absolute Gasteiger partial charge is 0.414 e. The first-order valence-corrected chi connectivity index (χ1v) is 23.1. The second kappa shape index (κ2) is 11.5. The van der Waals surface area contributed by atoms with E-state index in [1.807, 2.05) is 0 Å². The first-order valence-electron chi connectivity index (χ1n) is 13.3. The van der Waals surface area contributed by atoms with E-state index in [4.69, 9.17) is 18.0 Å². The summed E-state index contributed by atoms with van der Waals surface area (Å²) < 4.78 is 27.3. The Morgan fingerprint density at radius 3 is 1.49 bits per heavy atom. The predicted octanol–water partition coefficient (Wildman–Crippen LogP) is 7.63. The summed E-state index contributed by atoms with van der Waals surface area (Å²) in [5.74, 6) is 0.859. The normalized spacial score (nSPS) is 27.9. The molecule has 35 heavy (non-hydrogen) atoms. The van der Waals surface area contributed by atoms with Crippen LogP contribution in [0.2, 0.25) is 54.4 Å². The lowest BCUT2D eigenvalue weighted by Crippen LogP contribution is -2.65. The highest BCUT2D eigenvalue weighted by Gasteiger charge is 2.54. The van der Waals surface area contributed by atoms with Gasteiger partial charge in [-0.1, -0.05) is 69.2 Å². The van der Waals surface area contributed by atoms with E-state index in [1.54, 1.807) is 11.8 Å². The maximum Gasteiger partial charge on any atom is 0.192 e. The van der Waals surface area contributed by atoms with Gasteiger partial charge < -0.3 is 23.1 Å². The number of aliphatic hydroxyl groups excluding tert-OH is 1. The Morgan fingerprint density at radius 2 is 1.11 bits per heavy atom. The summed E-state index contributed by atoms with van der Waals surface area (Å²) in [6.07, 6.45) is -1.87. The number of rotatable bonds is 9. The smallest absolute Gasteiger partial charge is 0.192 e. The molecule has 5 atom stereocenters. The summed E-state index contributed by atoms with van der Waals surface area (Å²) in [4.78, 5) is 0. The van der Waals surface area contributed by atoms with Crippen LogP contribution in [0.1, 0.15) is 69.2 Å². The van der Waals surface area contributed by atoms with E-state index in [-0.39, 0.29) is 32.8 Å². The lowest BCUT2D eigenvalue weighted by molar-refractivity contribution is -0.195. The van der Waals surface area contributed by atoms with Crippen LogP contribution in [0, 0.1) is 0 Å². The standard InChI is InChI=1S/C26H58O5SSi3/c1-17-32-23-20(27)22(31-35(15,16)26(8,9)10)21(30-34(13,14)25(5,6)7)19(29-23)18-28-33(11,12)24(2,3)4/h19-23,27H,17-18H2,1-16H3/t19-,20-,21-,22-,23+/m1/s1. The fraction of sp³-hybridized carbons (Fsp3) is 1.00. The average molecular weight is 567 g/mol. The topological polar surface area (TPSA) is 57.2 Å². The van der Waals surface area contributed by atoms with Crippen LogP contribution < -0.4 is 0 Å². The summed E-state index contributed by atoms with van der Waals surface area (Å²) >= 11 is 1.64. The zero-order valence-electron chi connectivity index (χ0n) is 25.8. The summed E-state index contributed by atoms with van der Waals surface area (Å²) in [6.45, 7) is 36.4. The molecule has 5 nitrogen and oxygen atoms in total. The Kier molecular flexibility index (Phi) is 11.1. The van der Waals surface area contributed by atoms with Crippen molar-refractivity contribution >= 4 is 36.7 Å². The van der Waals surface area contributed by atoms with Gasteiger partial charge in [0.15, 0.2) is 25.0 Å². The van der Waals surface area contributed by atoms with Gasteiger partial charge in [0.25, 0.3) is 0 Å². The number of ether oxygens (including phenoxy) is 1. The number of aliphatic hydroxyl groups is 1. The Balaban J connectivity index is 3.50. The molecule has 0 amide bonds. The Morgan fingerprint density at radius 1 is 0.714 bits per heavy atom. The molecule has 1 saturated heterocycles. The van der Waals surface area contributed by atoms with Crippen molar-refractivity contribution in [1.29, 1.82) is 0 Å². The van der Waals surface area contributed by atoms with Gasteiger partial charge in [-0.15, -0.1) is 11.8 Å². The van der Waals surface area contributed by atoms with Crippen molar-refractivity contribution in [1.82, 2.24) is 0 Å². The van der Waals surface area contributed by atoms with E-state index in [1.165, 1.54) is 0 Å². The maximum absolute atomic E-state index is 11.6. The first-order chi connectivity index (χ1) is 15.4. The van der Waals surface area contributed by atoms with Crippen LogP contribution in [0.3, 0.4) is 0 Å². The third-order valence-electron chi connectivity index (χ3n) is 8.83. The molecule has 0 aromatic rings. The van der Waals surface area contributed by atoms with Crippen molar-refractivity contribution in [2.75, 3.05) is 12.4 Å². The quantitative estimate of drug-likeness (QED) is 0.290. The number of hydrogen-bond acceptors (Lipinski definition) is 6. The Labute approximate surface area is 225 Å². The van der Waals surface area contributed by atoms with Gasteiger partial charge in [-0.25, -0.2) is 0 Å². The van der Waals surface area contributed by atoms with Crippen LogP contribution >= 0.6 is 11.8 Å². The van der Waals surface area contributed by atoms with Gasteiger partial charge in [0.2, 0.25) is 0 Å². The van der Waals surface area contributed by atoms with Crippen LogP contribution in [0.15, 0.2) is 0 Å². The zero-order valence-corrected chi connectivity index (χ0v) is 29.6. The summed E-state index contributed by atoms with van der Waals surface area (Å²) in [7, 11) is -6.37. The fourth-order valence-electron chi connectivity index (χ4n) is 3.15. The van der Waals surface area contributed by atoms with Gasteiger partial charge in [-0.05, 0) is 60.1 Å². The third kappa shape index (κ3) is 8.39. The van der Waals surface area contributed by atoms with Gasteiger partial charge in [-0.3, -0.25) is 0 Å². The van der Waals surface area contributed by atoms with Crippen LogP contribution in [0.4, 0.5) is 0 Å². The highest BCUT2D eigenvalue weighted by Crippen LogP contribution is 2.44. The molecule has 0 radical (unpaired) electrons. The molecule has 1 heterocycles. The van der Waals surface area contributed by atoms with Crippen molar-refractivity contribution in [2.24, 2.45) is 0 Å². The molecule has 0 bridgehead atoms. The molecular formula is C26H58O5SSi3. The van der Waals surface area contributed by atoms with Gasteiger partial charge in [0.05, 0.1) is 6.61 Å². The van der Waals surface area contributed by atoms with Crippen LogP contribution in [0.5, 0.6) is 0 Å². The maximum atomic E-state index is 11.6. The van der Waals surface area contributed by atoms with Crippen LogP contribution in [0.25, 0.3) is 0 Å². The molecule has 1 aliphatic heterocycles. The SMILES string of the molecule is CCS[C@@H]1O[C@H](CO[Si](C)(C)C(C)(C)C)[C@@H](O[Si](C)(C)C(C)(C)C)[C@H](O[Si](C)(C)C(C)(C)C)[C@H]1O. The molecular weight excluding hydrogens is 509 g/mol. The van der Waals surface area contributed by atoms with Crippen molar-refractivity contribution in [3.8, 4) is 0 Å². The van der Waals surface area contributed by atoms with Gasteiger partial charge in [0.1, 0.15) is 29.9 Å². The molecule has 1 fully saturated rings. The molecule has 210 valence electrons. The van der Waals surface area contributed by atoms with Gasteiger partial charge >= 0.3 is 0 Å². The number of thioether (sulfide) groups is 1. The van der Waals surface area contributed by atoms with E-state index in [0.717, 1.165) is 5.75 Å². The molecule has 0 spiro atoms. The molecule has 1 aliphatic rings. The summed E-state index contributed by atoms with van der Waals surface area (Å²) in [6, 6.07) is 0. The molecule has 1 N–H and O–H groups in total. The van der Waals surface area contributed by atoms with E-state index in [2.05, 4.69) is 109 Å². The molecule has 0 saturated carbocycles. The fourth-order valence-corrected chi connectivity index (χ4v) is 7.69. The summed E-state index contributed by atoms with van der Waals surface area (Å²) in [5, 5.41) is 11.7. The lowest BCUT2D eigenvalue weighted by atomic mass is 10.0. The highest BCUT2D eigenvalue weighted by molar-refractivity contribution is 7.99. The van der Waals surface area contributed by atoms with Crippen LogP contribution in [-0.4, -0.2) is 72.3 Å². The first kappa shape index (κ1) is 33.8. The van der Waals surface area contributed by atoms with Crippen molar-refractivity contribution < 1.29 is 23.1 Å². The van der Waals surface area contributed by atoms with Gasteiger partial charge in [0, 0.05) is 0 Å². The van der Waals surface area contributed by atoms with Crippen molar-refractivity contribution in [2.45, 2.75) is 153 Å². The van der Waals surface area contributed by atoms with E-state index in [9.17, 15) is 5.11 Å². The second-order valence-corrected chi connectivity index (χ2v) is 30.4. The Hall–Kier alpha value is 0.801. The zero-order chi connectivity index (χ0) is 27.8. The lowest BCUT2D eigenvalue weighted by Gasteiger charge is -2.52. The minimum Gasteiger partial charge on any atom is -0.414 e. The van der Waals surface area contributed by atoms with Crippen LogP contribution in [-0.2, 0) is 18.0 Å². The molecule has 1 rings (SSSR count). The minimum absolute atomic E-state index is 0.0209. The van der Waals surface area contributed by atoms with Crippen molar-refractivity contribution in [3.63, 3.8) is 0 Å². The predicted molar refractivity (Wildman–Crippen MR) is 160 cm³/mol. The monoisotopic (exact) mass is 566 g/mol. The average Bonchev–Trinajstić information content (AvgIpc) is 2.63. The Bertz CT molecular complexity index is 680. The van der Waals surface area contributed by atoms with Crippen molar-refractivity contribution in [3.05, 3.63) is 0 Å². The molecule has 9 heteroatoms. The van der Waals surface area contributed by atoms with E-state index in [0.29, 0.717) is 6.61 Å². The van der Waals surface area contributed by atoms with E-state index < -0.39 is 37.2 Å². The molecule has 0 aliphatic carbocycles. The summed E-state index contributed by atoms with van der Waals surface area (Å²) in [5.41, 5.74) is -0.359. The number of hydrogen-bond donors (Lipinski definition) is 1. The van der Waals surface area contributed by atoms with E-state index >= 15 is 0 Å². The third-order valence-corrected chi connectivity index (χ3v) is 23.3. The molecule has 0 aromatic heterocycles. The highest BCUT2D eigenvalue weighted by atomic mass is 32.2. The minimum atomic E-state index is -2.19. The molecule has 0 unspecified atom stereocenters. The second-order valence-electron chi connectivity index (χ2n) is 14.7. The molecule has 0 aromatic carbocycles. The van der Waals surface area contributed by atoms with Gasteiger partial charge in [-0.2, -0.15) is 0 Å².